The van der Waals surface area contributed by atoms with Crippen LogP contribution in [0.5, 0.6) is 0 Å². The van der Waals surface area contributed by atoms with Crippen molar-refractivity contribution in [1.82, 2.24) is 0 Å². The summed E-state index contributed by atoms with van der Waals surface area (Å²) >= 11 is 0. The molecule has 0 aromatic carbocycles. The molecule has 0 saturated heterocycles. The Labute approximate surface area is 311 Å². The molecule has 0 aliphatic rings. The van der Waals surface area contributed by atoms with Crippen molar-refractivity contribution >= 4 is 19.8 Å². The van der Waals surface area contributed by atoms with Gasteiger partial charge in [0.25, 0.3) is 0 Å². The first-order chi connectivity index (χ1) is 24.8. The second-order valence-corrected chi connectivity index (χ2v) is 14.6. The van der Waals surface area contributed by atoms with Gasteiger partial charge in [-0.05, 0) is 51.4 Å². The topological polar surface area (TPSA) is 134 Å². The highest BCUT2D eigenvalue weighted by Crippen LogP contribution is 2.43. The van der Waals surface area contributed by atoms with Crippen LogP contribution in [0.1, 0.15) is 168 Å². The number of rotatable bonds is 37. The molecule has 0 aliphatic carbocycles. The SMILES string of the molecule is CC/C=C\C/C=C\C/C=C\C/C=C\CCCCCCC(=O)O[C@H](COC(=O)CCCCCCCCCCCCCCC)COP(=O)(O)OCCN. The van der Waals surface area contributed by atoms with Crippen LogP contribution in [0.4, 0.5) is 0 Å². The van der Waals surface area contributed by atoms with Crippen molar-refractivity contribution in [3.8, 4) is 0 Å². The summed E-state index contributed by atoms with van der Waals surface area (Å²) in [6.45, 7) is 3.58. The van der Waals surface area contributed by atoms with E-state index in [-0.39, 0.29) is 38.6 Å². The normalized spacial score (nSPS) is 13.9. The zero-order valence-electron chi connectivity index (χ0n) is 32.3. The number of nitrogens with two attached hydrogens (primary N) is 1. The molecule has 0 fully saturated rings. The second-order valence-electron chi connectivity index (χ2n) is 13.1. The van der Waals surface area contributed by atoms with E-state index in [2.05, 4.69) is 62.5 Å². The van der Waals surface area contributed by atoms with Crippen LogP contribution in [0, 0.1) is 0 Å². The predicted octanol–water partition coefficient (Wildman–Crippen LogP) is 11.2. The van der Waals surface area contributed by atoms with Crippen molar-refractivity contribution in [3.63, 3.8) is 0 Å². The molecular formula is C41H74NO8P. The maximum absolute atomic E-state index is 12.5. The Kier molecular flexibility index (Phi) is 36.2. The summed E-state index contributed by atoms with van der Waals surface area (Å²) in [5.74, 6) is -0.857. The first-order valence-electron chi connectivity index (χ1n) is 20.1. The molecule has 1 unspecified atom stereocenters. The van der Waals surface area contributed by atoms with Crippen molar-refractivity contribution < 1.29 is 37.6 Å². The molecule has 10 heteroatoms. The van der Waals surface area contributed by atoms with E-state index in [0.717, 1.165) is 70.6 Å². The first-order valence-corrected chi connectivity index (χ1v) is 21.6. The van der Waals surface area contributed by atoms with E-state index in [4.69, 9.17) is 24.3 Å². The zero-order valence-corrected chi connectivity index (χ0v) is 33.2. The molecule has 0 amide bonds. The highest BCUT2D eigenvalue weighted by atomic mass is 31.2. The molecule has 0 aromatic heterocycles. The Bertz CT molecular complexity index is 981. The number of hydrogen-bond donors (Lipinski definition) is 2. The third kappa shape index (κ3) is 37.5. The molecule has 0 radical (unpaired) electrons. The largest absolute Gasteiger partial charge is 0.472 e. The summed E-state index contributed by atoms with van der Waals surface area (Å²) < 4.78 is 32.7. The number of allylic oxidation sites excluding steroid dienone is 8. The number of unbranched alkanes of at least 4 members (excludes halogenated alkanes) is 16. The highest BCUT2D eigenvalue weighted by molar-refractivity contribution is 7.47. The van der Waals surface area contributed by atoms with E-state index < -0.39 is 26.5 Å². The smallest absolute Gasteiger partial charge is 0.462 e. The van der Waals surface area contributed by atoms with Gasteiger partial charge < -0.3 is 20.1 Å². The molecule has 51 heavy (non-hydrogen) atoms. The lowest BCUT2D eigenvalue weighted by atomic mass is 10.0. The minimum absolute atomic E-state index is 0.0482. The first kappa shape index (κ1) is 49.0. The Morgan fingerprint density at radius 3 is 1.61 bits per heavy atom. The number of phosphoric ester groups is 1. The summed E-state index contributed by atoms with van der Waals surface area (Å²) in [5.41, 5.74) is 5.33. The summed E-state index contributed by atoms with van der Waals surface area (Å²) in [7, 11) is -4.38. The minimum atomic E-state index is -4.38. The van der Waals surface area contributed by atoms with Crippen LogP contribution >= 0.6 is 7.82 Å². The van der Waals surface area contributed by atoms with E-state index >= 15 is 0 Å². The van der Waals surface area contributed by atoms with Crippen LogP contribution < -0.4 is 5.73 Å². The lowest BCUT2D eigenvalue weighted by Gasteiger charge is -2.19. The van der Waals surface area contributed by atoms with Gasteiger partial charge in [0.15, 0.2) is 6.10 Å². The van der Waals surface area contributed by atoms with Gasteiger partial charge in [0.2, 0.25) is 0 Å². The average Bonchev–Trinajstić information content (AvgIpc) is 3.11. The van der Waals surface area contributed by atoms with Crippen LogP contribution in [0.25, 0.3) is 0 Å². The van der Waals surface area contributed by atoms with Crippen molar-refractivity contribution in [1.29, 1.82) is 0 Å². The van der Waals surface area contributed by atoms with E-state index in [9.17, 15) is 19.0 Å². The summed E-state index contributed by atoms with van der Waals surface area (Å²) in [5, 5.41) is 0. The molecule has 0 aromatic rings. The maximum Gasteiger partial charge on any atom is 0.472 e. The van der Waals surface area contributed by atoms with E-state index in [1.807, 2.05) is 0 Å². The average molecular weight is 740 g/mol. The zero-order chi connectivity index (χ0) is 37.5. The van der Waals surface area contributed by atoms with Crippen LogP contribution in [0.15, 0.2) is 48.6 Å². The third-order valence-corrected chi connectivity index (χ3v) is 9.21. The summed E-state index contributed by atoms with van der Waals surface area (Å²) in [6, 6.07) is 0. The van der Waals surface area contributed by atoms with E-state index in [1.165, 1.54) is 64.2 Å². The predicted molar refractivity (Wildman–Crippen MR) is 210 cm³/mol. The van der Waals surface area contributed by atoms with Gasteiger partial charge in [-0.1, -0.05) is 152 Å². The van der Waals surface area contributed by atoms with Gasteiger partial charge >= 0.3 is 19.8 Å². The van der Waals surface area contributed by atoms with Gasteiger partial charge in [0.1, 0.15) is 6.61 Å². The maximum atomic E-state index is 12.5. The molecule has 296 valence electrons. The van der Waals surface area contributed by atoms with Crippen LogP contribution in [0.2, 0.25) is 0 Å². The van der Waals surface area contributed by atoms with Crippen LogP contribution in [-0.2, 0) is 32.7 Å². The Morgan fingerprint density at radius 1 is 0.608 bits per heavy atom. The molecule has 0 aliphatic heterocycles. The molecule has 0 bridgehead atoms. The molecule has 0 rings (SSSR count). The fourth-order valence-electron chi connectivity index (χ4n) is 5.27. The van der Waals surface area contributed by atoms with Gasteiger partial charge in [-0.2, -0.15) is 0 Å². The number of esters is 2. The monoisotopic (exact) mass is 740 g/mol. The molecule has 0 spiro atoms. The Morgan fingerprint density at radius 2 is 1.08 bits per heavy atom. The number of phosphoric acid groups is 1. The van der Waals surface area contributed by atoms with Gasteiger partial charge in [-0.25, -0.2) is 4.57 Å². The highest BCUT2D eigenvalue weighted by Gasteiger charge is 2.25. The van der Waals surface area contributed by atoms with Gasteiger partial charge in [0.05, 0.1) is 13.2 Å². The van der Waals surface area contributed by atoms with E-state index in [0.29, 0.717) is 6.42 Å². The quantitative estimate of drug-likeness (QED) is 0.0276. The lowest BCUT2D eigenvalue weighted by Crippen LogP contribution is -2.29. The molecule has 3 N–H and O–H groups in total. The number of carbonyl (C=O) groups is 2. The van der Waals surface area contributed by atoms with Gasteiger partial charge in [-0.15, -0.1) is 0 Å². The fraction of sp³-hybridized carbons (Fsp3) is 0.756. The van der Waals surface area contributed by atoms with Crippen molar-refractivity contribution in [3.05, 3.63) is 48.6 Å². The minimum Gasteiger partial charge on any atom is -0.462 e. The standard InChI is InChI=1S/C41H74NO8P/c1-3-5-7-9-11-13-15-17-18-19-20-22-24-26-28-30-32-34-41(44)50-39(38-49-51(45,46)48-36-35-42)37-47-40(43)33-31-29-27-25-23-21-16-14-12-10-8-6-4-2/h5,7,11,13,17-18,20,22,39H,3-4,6,8-10,12,14-16,19,21,23-38,42H2,1-2H3,(H,45,46)/b7-5-,13-11-,18-17-,22-20-/t39-/m1/s1. The molecule has 2 atom stereocenters. The van der Waals surface area contributed by atoms with Gasteiger partial charge in [0, 0.05) is 19.4 Å². The Balaban J connectivity index is 4.25. The molecule has 0 saturated carbocycles. The summed E-state index contributed by atoms with van der Waals surface area (Å²) in [6.07, 6.45) is 41.4. The summed E-state index contributed by atoms with van der Waals surface area (Å²) in [4.78, 5) is 34.8. The number of hydrogen-bond acceptors (Lipinski definition) is 8. The van der Waals surface area contributed by atoms with Crippen LogP contribution in [-0.4, -0.2) is 49.3 Å². The van der Waals surface area contributed by atoms with Gasteiger partial charge in [-0.3, -0.25) is 18.6 Å². The fourth-order valence-corrected chi connectivity index (χ4v) is 6.04. The third-order valence-electron chi connectivity index (χ3n) is 8.23. The number of carbonyl (C=O) groups excluding carboxylic acids is 2. The molecular weight excluding hydrogens is 665 g/mol. The lowest BCUT2D eigenvalue weighted by molar-refractivity contribution is -0.161. The second kappa shape index (κ2) is 37.7. The molecule has 0 heterocycles. The van der Waals surface area contributed by atoms with Crippen molar-refractivity contribution in [2.24, 2.45) is 5.73 Å². The molecule has 9 nitrogen and oxygen atoms in total. The van der Waals surface area contributed by atoms with Crippen molar-refractivity contribution in [2.75, 3.05) is 26.4 Å². The van der Waals surface area contributed by atoms with Crippen molar-refractivity contribution in [2.45, 2.75) is 174 Å². The Hall–Kier alpha value is -2.03. The number of ether oxygens (including phenoxy) is 2. The van der Waals surface area contributed by atoms with Crippen LogP contribution in [0.3, 0.4) is 0 Å². The van der Waals surface area contributed by atoms with E-state index in [1.54, 1.807) is 0 Å².